The van der Waals surface area contributed by atoms with Crippen LogP contribution < -0.4 is 5.32 Å². The molecule has 0 aromatic rings. The van der Waals surface area contributed by atoms with E-state index in [1.165, 1.54) is 0 Å². The number of ether oxygens (including phenoxy) is 1. The van der Waals surface area contributed by atoms with Crippen LogP contribution in [0.2, 0.25) is 0 Å². The molecule has 5 heteroatoms. The molecule has 0 unspecified atom stereocenters. The number of hydrogen-bond donors (Lipinski definition) is 1. The summed E-state index contributed by atoms with van der Waals surface area (Å²) in [5.74, 6) is 0.502. The number of allylic oxidation sites excluding steroid dienone is 1. The van der Waals surface area contributed by atoms with Crippen molar-refractivity contribution in [1.82, 2.24) is 5.32 Å². The van der Waals surface area contributed by atoms with Crippen LogP contribution >= 0.6 is 0 Å². The van der Waals surface area contributed by atoms with Gasteiger partial charge >= 0.3 is 0 Å². The van der Waals surface area contributed by atoms with Crippen LogP contribution in [0.4, 0.5) is 0 Å². The topological polar surface area (TPSA) is 55.4 Å². The lowest BCUT2D eigenvalue weighted by Crippen LogP contribution is -2.19. The second-order valence-electron chi connectivity index (χ2n) is 4.07. The van der Waals surface area contributed by atoms with Gasteiger partial charge in [-0.2, -0.15) is 0 Å². The Morgan fingerprint density at radius 1 is 1.35 bits per heavy atom. The normalized spacial score (nSPS) is 13.0. The summed E-state index contributed by atoms with van der Waals surface area (Å²) < 4.78 is 27.5. The van der Waals surface area contributed by atoms with Crippen LogP contribution in [0, 0.1) is 0 Å². The van der Waals surface area contributed by atoms with Gasteiger partial charge < -0.3 is 10.1 Å². The summed E-state index contributed by atoms with van der Waals surface area (Å²) in [5, 5.41) is 3.24. The van der Waals surface area contributed by atoms with Crippen molar-refractivity contribution in [3.8, 4) is 0 Å². The zero-order chi connectivity index (χ0) is 13.1. The molecule has 0 saturated carbocycles. The Balaban J connectivity index is 3.65. The first-order valence-electron chi connectivity index (χ1n) is 6.07. The highest BCUT2D eigenvalue weighted by atomic mass is 32.2. The Labute approximate surface area is 105 Å². The summed E-state index contributed by atoms with van der Waals surface area (Å²) in [6.45, 7) is 6.15. The third-order valence-electron chi connectivity index (χ3n) is 2.54. The number of nitrogens with one attached hydrogen (secondary N) is 1. The fraction of sp³-hybridized carbons (Fsp3) is 0.833. The van der Waals surface area contributed by atoms with E-state index in [4.69, 9.17) is 4.74 Å². The summed E-state index contributed by atoms with van der Waals surface area (Å²) >= 11 is 0. The standard InChI is InChI=1S/C12H25NO3S/c1-4-17(14,15)11-7-12(2)6-5-8-13-9-10-16-3/h6,13H,4-5,7-11H2,1-3H3. The zero-order valence-electron chi connectivity index (χ0n) is 11.2. The van der Waals surface area contributed by atoms with Gasteiger partial charge in [0.1, 0.15) is 9.84 Å². The van der Waals surface area contributed by atoms with E-state index in [1.807, 2.05) is 6.92 Å². The van der Waals surface area contributed by atoms with E-state index >= 15 is 0 Å². The highest BCUT2D eigenvalue weighted by molar-refractivity contribution is 7.91. The molecular formula is C12H25NO3S. The molecule has 0 aliphatic heterocycles. The molecule has 17 heavy (non-hydrogen) atoms. The molecule has 0 rings (SSSR count). The van der Waals surface area contributed by atoms with Crippen molar-refractivity contribution in [2.75, 3.05) is 38.3 Å². The van der Waals surface area contributed by atoms with E-state index in [1.54, 1.807) is 14.0 Å². The van der Waals surface area contributed by atoms with Crippen LogP contribution in [0.3, 0.4) is 0 Å². The van der Waals surface area contributed by atoms with Crippen LogP contribution in [0.1, 0.15) is 26.7 Å². The lowest BCUT2D eigenvalue weighted by atomic mass is 10.2. The van der Waals surface area contributed by atoms with Gasteiger partial charge in [-0.1, -0.05) is 18.6 Å². The summed E-state index contributed by atoms with van der Waals surface area (Å²) in [5.41, 5.74) is 1.15. The van der Waals surface area contributed by atoms with Gasteiger partial charge in [0.05, 0.1) is 12.4 Å². The SMILES string of the molecule is CCS(=O)(=O)CCC(C)=CCCNCCOC. The highest BCUT2D eigenvalue weighted by Gasteiger charge is 2.06. The van der Waals surface area contributed by atoms with Gasteiger partial charge in [-0.15, -0.1) is 0 Å². The number of methoxy groups -OCH3 is 1. The summed E-state index contributed by atoms with van der Waals surface area (Å²) in [6, 6.07) is 0. The second-order valence-corrected chi connectivity index (χ2v) is 6.54. The first kappa shape index (κ1) is 16.6. The molecule has 0 aromatic heterocycles. The lowest BCUT2D eigenvalue weighted by Gasteiger charge is -2.04. The van der Waals surface area contributed by atoms with Crippen molar-refractivity contribution in [2.24, 2.45) is 0 Å². The molecule has 0 aromatic carbocycles. The minimum Gasteiger partial charge on any atom is -0.383 e. The maximum Gasteiger partial charge on any atom is 0.150 e. The van der Waals surface area contributed by atoms with Crippen molar-refractivity contribution in [2.45, 2.75) is 26.7 Å². The summed E-state index contributed by atoms with van der Waals surface area (Å²) in [4.78, 5) is 0. The predicted octanol–water partition coefficient (Wildman–Crippen LogP) is 1.38. The van der Waals surface area contributed by atoms with Crippen LogP contribution in [0.25, 0.3) is 0 Å². The van der Waals surface area contributed by atoms with Crippen LogP contribution in [0.5, 0.6) is 0 Å². The largest absolute Gasteiger partial charge is 0.383 e. The monoisotopic (exact) mass is 263 g/mol. The Hall–Kier alpha value is -0.390. The minimum atomic E-state index is -2.83. The third kappa shape index (κ3) is 10.5. The average molecular weight is 263 g/mol. The fourth-order valence-corrected chi connectivity index (χ4v) is 2.20. The molecule has 0 bridgehead atoms. The summed E-state index contributed by atoms with van der Waals surface area (Å²) in [6.07, 6.45) is 3.68. The van der Waals surface area contributed by atoms with Gasteiger partial charge in [-0.05, 0) is 26.3 Å². The first-order valence-corrected chi connectivity index (χ1v) is 7.89. The van der Waals surface area contributed by atoms with Crippen molar-refractivity contribution < 1.29 is 13.2 Å². The fourth-order valence-electron chi connectivity index (χ4n) is 1.28. The van der Waals surface area contributed by atoms with Crippen LogP contribution in [0.15, 0.2) is 11.6 Å². The smallest absolute Gasteiger partial charge is 0.150 e. The van der Waals surface area contributed by atoms with Crippen molar-refractivity contribution in [1.29, 1.82) is 0 Å². The van der Waals surface area contributed by atoms with Crippen LogP contribution in [-0.4, -0.2) is 46.7 Å². The third-order valence-corrected chi connectivity index (χ3v) is 4.25. The zero-order valence-corrected chi connectivity index (χ0v) is 12.0. The Bertz CT molecular complexity index is 310. The van der Waals surface area contributed by atoms with Crippen molar-refractivity contribution in [3.63, 3.8) is 0 Å². The lowest BCUT2D eigenvalue weighted by molar-refractivity contribution is 0.199. The number of sulfone groups is 1. The second kappa shape index (κ2) is 9.62. The van der Waals surface area contributed by atoms with E-state index in [2.05, 4.69) is 11.4 Å². The molecule has 0 atom stereocenters. The number of hydrogen-bond acceptors (Lipinski definition) is 4. The van der Waals surface area contributed by atoms with Gasteiger partial charge in [0.15, 0.2) is 0 Å². The first-order chi connectivity index (χ1) is 8.02. The molecule has 0 amide bonds. The molecule has 4 nitrogen and oxygen atoms in total. The van der Waals surface area contributed by atoms with E-state index < -0.39 is 9.84 Å². The molecule has 102 valence electrons. The van der Waals surface area contributed by atoms with Gasteiger partial charge in [-0.3, -0.25) is 0 Å². The Morgan fingerprint density at radius 3 is 2.65 bits per heavy atom. The van der Waals surface area contributed by atoms with E-state index in [-0.39, 0.29) is 11.5 Å². The van der Waals surface area contributed by atoms with Crippen molar-refractivity contribution in [3.05, 3.63) is 11.6 Å². The average Bonchev–Trinajstić information content (AvgIpc) is 2.31. The van der Waals surface area contributed by atoms with Gasteiger partial charge in [-0.25, -0.2) is 8.42 Å². The predicted molar refractivity (Wildman–Crippen MR) is 72.1 cm³/mol. The van der Waals surface area contributed by atoms with E-state index in [9.17, 15) is 8.42 Å². The van der Waals surface area contributed by atoms with Gasteiger partial charge in [0, 0.05) is 19.4 Å². The maximum atomic E-state index is 11.3. The molecular weight excluding hydrogens is 238 g/mol. The molecule has 1 N–H and O–H groups in total. The van der Waals surface area contributed by atoms with Crippen LogP contribution in [-0.2, 0) is 14.6 Å². The maximum absolute atomic E-state index is 11.3. The van der Waals surface area contributed by atoms with Gasteiger partial charge in [0.25, 0.3) is 0 Å². The van der Waals surface area contributed by atoms with E-state index in [0.29, 0.717) is 6.42 Å². The van der Waals surface area contributed by atoms with Crippen molar-refractivity contribution >= 4 is 9.84 Å². The van der Waals surface area contributed by atoms with E-state index in [0.717, 1.165) is 31.7 Å². The molecule has 0 fully saturated rings. The molecule has 0 radical (unpaired) electrons. The molecule has 0 heterocycles. The molecule has 0 aliphatic rings. The minimum absolute atomic E-state index is 0.235. The molecule has 0 saturated heterocycles. The Kier molecular flexibility index (Phi) is 9.40. The Morgan fingerprint density at radius 2 is 2.06 bits per heavy atom. The molecule has 0 aliphatic carbocycles. The van der Waals surface area contributed by atoms with Gasteiger partial charge in [0.2, 0.25) is 0 Å². The molecule has 0 spiro atoms. The number of rotatable bonds is 10. The highest BCUT2D eigenvalue weighted by Crippen LogP contribution is 2.04. The quantitative estimate of drug-likeness (QED) is 0.478. The summed E-state index contributed by atoms with van der Waals surface area (Å²) in [7, 11) is -1.15.